The molecule has 0 radical (unpaired) electrons. The molecule has 1 aliphatic rings. The fourth-order valence-electron chi connectivity index (χ4n) is 2.90. The van der Waals surface area contributed by atoms with Gasteiger partial charge >= 0.3 is 0 Å². The molecule has 1 atom stereocenters. The van der Waals surface area contributed by atoms with E-state index in [-0.39, 0.29) is 6.10 Å². The van der Waals surface area contributed by atoms with E-state index in [1.54, 1.807) is 0 Å². The third-order valence-electron chi connectivity index (χ3n) is 4.13. The lowest BCUT2D eigenvalue weighted by atomic mass is 10.1. The maximum Gasteiger partial charge on any atom is 0.240 e. The molecule has 3 aromatic rings. The fourth-order valence-corrected chi connectivity index (χ4v) is 2.90. The summed E-state index contributed by atoms with van der Waals surface area (Å²) in [6.07, 6.45) is 0.539. The van der Waals surface area contributed by atoms with E-state index in [4.69, 9.17) is 9.26 Å². The summed E-state index contributed by atoms with van der Waals surface area (Å²) < 4.78 is 11.2. The van der Waals surface area contributed by atoms with E-state index in [9.17, 15) is 0 Å². The first-order valence-corrected chi connectivity index (χ1v) is 8.34. The second kappa shape index (κ2) is 7.12. The highest BCUT2D eigenvalue weighted by Gasteiger charge is 2.26. The summed E-state index contributed by atoms with van der Waals surface area (Å²) in [4.78, 5) is 11.1. The Bertz CT molecular complexity index is 815. The van der Waals surface area contributed by atoms with Gasteiger partial charge in [-0.1, -0.05) is 35.5 Å². The summed E-state index contributed by atoms with van der Waals surface area (Å²) in [5.41, 5.74) is 1.17. The first-order chi connectivity index (χ1) is 12.3. The minimum Gasteiger partial charge on any atom is -0.367 e. The van der Waals surface area contributed by atoms with Gasteiger partial charge in [0.25, 0.3) is 0 Å². The van der Waals surface area contributed by atoms with Crippen molar-refractivity contribution in [2.75, 3.05) is 19.7 Å². The number of benzene rings is 1. The van der Waals surface area contributed by atoms with Crippen LogP contribution in [0.2, 0.25) is 0 Å². The van der Waals surface area contributed by atoms with Crippen molar-refractivity contribution in [1.82, 2.24) is 30.2 Å². The summed E-state index contributed by atoms with van der Waals surface area (Å²) in [6, 6.07) is 10.1. The molecule has 0 unspecified atom stereocenters. The highest BCUT2D eigenvalue weighted by molar-refractivity contribution is 5.18. The molecule has 3 heterocycles. The fraction of sp³-hybridized carbons (Fsp3) is 0.412. The number of aromatic amines is 1. The third-order valence-corrected chi connectivity index (χ3v) is 4.13. The van der Waals surface area contributed by atoms with E-state index in [0.717, 1.165) is 12.4 Å². The molecule has 1 saturated heterocycles. The van der Waals surface area contributed by atoms with Crippen LogP contribution in [0.15, 0.2) is 34.9 Å². The van der Waals surface area contributed by atoms with Gasteiger partial charge in [-0.05, 0) is 12.5 Å². The minimum absolute atomic E-state index is 0.134. The number of aromatic nitrogens is 5. The highest BCUT2D eigenvalue weighted by atomic mass is 16.5. The number of nitrogens with one attached hydrogen (secondary N) is 1. The monoisotopic (exact) mass is 340 g/mol. The predicted octanol–water partition coefficient (Wildman–Crippen LogP) is 1.66. The third kappa shape index (κ3) is 3.92. The van der Waals surface area contributed by atoms with Crippen molar-refractivity contribution in [1.29, 1.82) is 0 Å². The molecule has 130 valence electrons. The Hall–Kier alpha value is -2.58. The van der Waals surface area contributed by atoms with Crippen molar-refractivity contribution in [3.05, 3.63) is 59.3 Å². The van der Waals surface area contributed by atoms with Crippen LogP contribution in [0.25, 0.3) is 0 Å². The second-order valence-corrected chi connectivity index (χ2v) is 6.14. The molecule has 0 aliphatic carbocycles. The van der Waals surface area contributed by atoms with E-state index in [2.05, 4.69) is 42.4 Å². The molecule has 1 aliphatic heterocycles. The SMILES string of the molecule is Cc1nc([C@@H]2CN(Cc3nc(Cc4ccccc4)no3)CCO2)n[nH]1. The van der Waals surface area contributed by atoms with Crippen LogP contribution in [0.4, 0.5) is 0 Å². The van der Waals surface area contributed by atoms with Gasteiger partial charge in [-0.15, -0.1) is 0 Å². The van der Waals surface area contributed by atoms with Gasteiger partial charge in [-0.3, -0.25) is 10.00 Å². The molecule has 0 amide bonds. The average molecular weight is 340 g/mol. The second-order valence-electron chi connectivity index (χ2n) is 6.14. The van der Waals surface area contributed by atoms with Crippen molar-refractivity contribution in [2.45, 2.75) is 26.0 Å². The van der Waals surface area contributed by atoms with E-state index in [1.165, 1.54) is 5.56 Å². The number of nitrogens with zero attached hydrogens (tertiary/aromatic N) is 5. The number of morpholine rings is 1. The molecule has 1 N–H and O–H groups in total. The first-order valence-electron chi connectivity index (χ1n) is 8.34. The van der Waals surface area contributed by atoms with Gasteiger partial charge in [0.1, 0.15) is 11.9 Å². The number of hydrogen-bond donors (Lipinski definition) is 1. The summed E-state index contributed by atoms with van der Waals surface area (Å²) in [6.45, 7) is 4.63. The van der Waals surface area contributed by atoms with E-state index in [1.807, 2.05) is 25.1 Å². The highest BCUT2D eigenvalue weighted by Crippen LogP contribution is 2.20. The molecule has 8 heteroatoms. The standard InChI is InChI=1S/C17H20N6O2/c1-12-18-17(21-20-12)14-10-23(7-8-24-14)11-16-19-15(22-25-16)9-13-5-3-2-4-6-13/h2-6,14H,7-11H2,1H3,(H,18,20,21)/t14-/m0/s1. The van der Waals surface area contributed by atoms with Crippen LogP contribution in [0.3, 0.4) is 0 Å². The first kappa shape index (κ1) is 15.9. The zero-order valence-electron chi connectivity index (χ0n) is 14.1. The van der Waals surface area contributed by atoms with Crippen molar-refractivity contribution in [3.8, 4) is 0 Å². The van der Waals surface area contributed by atoms with Crippen molar-refractivity contribution in [3.63, 3.8) is 0 Å². The lowest BCUT2D eigenvalue weighted by Crippen LogP contribution is -2.38. The Balaban J connectivity index is 1.37. The Morgan fingerprint density at radius 2 is 2.12 bits per heavy atom. The van der Waals surface area contributed by atoms with Gasteiger partial charge in [0.2, 0.25) is 5.89 Å². The molecule has 25 heavy (non-hydrogen) atoms. The van der Waals surface area contributed by atoms with E-state index in [0.29, 0.717) is 43.7 Å². The molecule has 1 aromatic carbocycles. The Morgan fingerprint density at radius 1 is 1.24 bits per heavy atom. The van der Waals surface area contributed by atoms with Crippen LogP contribution >= 0.6 is 0 Å². The van der Waals surface area contributed by atoms with Gasteiger partial charge in [0.05, 0.1) is 13.2 Å². The smallest absolute Gasteiger partial charge is 0.240 e. The zero-order chi connectivity index (χ0) is 17.1. The van der Waals surface area contributed by atoms with Crippen LogP contribution in [-0.4, -0.2) is 49.9 Å². The Labute approximate surface area is 145 Å². The van der Waals surface area contributed by atoms with E-state index >= 15 is 0 Å². The summed E-state index contributed by atoms with van der Waals surface area (Å²) in [5.74, 6) is 2.81. The largest absolute Gasteiger partial charge is 0.367 e. The number of ether oxygens (including phenoxy) is 1. The van der Waals surface area contributed by atoms with Gasteiger partial charge < -0.3 is 9.26 Å². The lowest BCUT2D eigenvalue weighted by molar-refractivity contribution is -0.0396. The molecule has 0 saturated carbocycles. The summed E-state index contributed by atoms with van der Waals surface area (Å²) in [7, 11) is 0. The van der Waals surface area contributed by atoms with Crippen LogP contribution in [0.1, 0.15) is 35.0 Å². The molecular weight excluding hydrogens is 320 g/mol. The topological polar surface area (TPSA) is 93.0 Å². The summed E-state index contributed by atoms with van der Waals surface area (Å²) >= 11 is 0. The van der Waals surface area contributed by atoms with Gasteiger partial charge in [-0.2, -0.15) is 10.1 Å². The van der Waals surface area contributed by atoms with Gasteiger partial charge in [-0.25, -0.2) is 4.98 Å². The number of rotatable bonds is 5. The summed E-state index contributed by atoms with van der Waals surface area (Å²) in [5, 5.41) is 11.1. The molecule has 0 spiro atoms. The van der Waals surface area contributed by atoms with Crippen LogP contribution in [0.5, 0.6) is 0 Å². The molecule has 2 aromatic heterocycles. The van der Waals surface area contributed by atoms with E-state index < -0.39 is 0 Å². The minimum atomic E-state index is -0.134. The van der Waals surface area contributed by atoms with Crippen molar-refractivity contribution in [2.24, 2.45) is 0 Å². The maximum atomic E-state index is 5.78. The zero-order valence-corrected chi connectivity index (χ0v) is 14.1. The number of H-pyrrole nitrogens is 1. The molecule has 8 nitrogen and oxygen atoms in total. The van der Waals surface area contributed by atoms with Gasteiger partial charge in [0.15, 0.2) is 11.6 Å². The molecular formula is C17H20N6O2. The Morgan fingerprint density at radius 3 is 2.92 bits per heavy atom. The van der Waals surface area contributed by atoms with Crippen LogP contribution in [0, 0.1) is 6.92 Å². The number of hydrogen-bond acceptors (Lipinski definition) is 7. The molecule has 1 fully saturated rings. The quantitative estimate of drug-likeness (QED) is 0.755. The van der Waals surface area contributed by atoms with Crippen LogP contribution < -0.4 is 0 Å². The normalized spacial score (nSPS) is 18.5. The van der Waals surface area contributed by atoms with Crippen molar-refractivity contribution < 1.29 is 9.26 Å². The Kier molecular flexibility index (Phi) is 4.53. The maximum absolute atomic E-state index is 5.78. The number of aryl methyl sites for hydroxylation is 1. The van der Waals surface area contributed by atoms with Crippen molar-refractivity contribution >= 4 is 0 Å². The predicted molar refractivity (Wildman–Crippen MR) is 88.6 cm³/mol. The van der Waals surface area contributed by atoms with Gasteiger partial charge in [0, 0.05) is 19.5 Å². The molecule has 4 rings (SSSR count). The average Bonchev–Trinajstić information content (AvgIpc) is 3.25. The lowest BCUT2D eigenvalue weighted by Gasteiger charge is -2.30. The molecule has 0 bridgehead atoms. The van der Waals surface area contributed by atoms with Crippen LogP contribution in [-0.2, 0) is 17.7 Å².